The highest BCUT2D eigenvalue weighted by molar-refractivity contribution is 5.88. The molecule has 1 saturated heterocycles. The van der Waals surface area contributed by atoms with Gasteiger partial charge in [0.05, 0.1) is 23.9 Å². The Hall–Kier alpha value is -5.35. The molecule has 0 unspecified atom stereocenters. The minimum absolute atomic E-state index is 0.0283. The minimum Gasteiger partial charge on any atom is -0.477 e. The average Bonchev–Trinajstić information content (AvgIpc) is 3.31. The van der Waals surface area contributed by atoms with Crippen molar-refractivity contribution in [2.24, 2.45) is 0 Å². The molecule has 0 radical (unpaired) electrons. The molecule has 0 spiro atoms. The Morgan fingerprint density at radius 3 is 2.65 bits per heavy atom. The Morgan fingerprint density at radius 2 is 1.93 bits per heavy atom. The zero-order chi connectivity index (χ0) is 30.1. The molecule has 6 rings (SSSR count). The van der Waals surface area contributed by atoms with Gasteiger partial charge in [-0.3, -0.25) is 4.98 Å². The van der Waals surface area contributed by atoms with Gasteiger partial charge in [-0.25, -0.2) is 32.9 Å². The van der Waals surface area contributed by atoms with Crippen LogP contribution in [0.1, 0.15) is 39.6 Å². The first-order valence-electron chi connectivity index (χ1n) is 13.1. The van der Waals surface area contributed by atoms with Crippen LogP contribution in [0.25, 0.3) is 22.4 Å². The number of nitriles is 1. The largest absolute Gasteiger partial charge is 0.477 e. The lowest BCUT2D eigenvalue weighted by atomic mass is 10.0. The SMILES string of the molecule is N#Cc1cnc(COc2cccc(-c3cc(F)c(Cc4nc5ccc(C(=O)O)nc5n4C[C@@H]4CCO4)cc3F)n2)c(F)c1. The number of ether oxygens (including phenoxy) is 2. The van der Waals surface area contributed by atoms with E-state index in [0.29, 0.717) is 30.1 Å². The van der Waals surface area contributed by atoms with Crippen LogP contribution in [0.3, 0.4) is 0 Å². The zero-order valence-electron chi connectivity index (χ0n) is 22.3. The van der Waals surface area contributed by atoms with E-state index in [0.717, 1.165) is 24.6 Å². The molecule has 0 saturated carbocycles. The van der Waals surface area contributed by atoms with E-state index in [1.165, 1.54) is 36.5 Å². The molecule has 1 aliphatic heterocycles. The zero-order valence-corrected chi connectivity index (χ0v) is 22.3. The summed E-state index contributed by atoms with van der Waals surface area (Å²) in [5.74, 6) is -2.94. The van der Waals surface area contributed by atoms with Gasteiger partial charge in [-0.05, 0) is 48.4 Å². The normalized spacial score (nSPS) is 14.3. The highest BCUT2D eigenvalue weighted by Gasteiger charge is 2.24. The van der Waals surface area contributed by atoms with E-state index in [4.69, 9.17) is 14.7 Å². The maximum atomic E-state index is 15.4. The number of carbonyl (C=O) groups is 1. The predicted molar refractivity (Wildman–Crippen MR) is 144 cm³/mol. The third kappa shape index (κ3) is 5.73. The molecular formula is C30H21F3N6O4. The second-order valence-corrected chi connectivity index (χ2v) is 9.78. The maximum Gasteiger partial charge on any atom is 0.354 e. The fourth-order valence-electron chi connectivity index (χ4n) is 4.64. The van der Waals surface area contributed by atoms with Gasteiger partial charge in [0, 0.05) is 30.9 Å². The topological polar surface area (TPSA) is 136 Å². The Morgan fingerprint density at radius 1 is 1.09 bits per heavy atom. The molecule has 13 heteroatoms. The van der Waals surface area contributed by atoms with Crippen LogP contribution >= 0.6 is 0 Å². The van der Waals surface area contributed by atoms with Crippen molar-refractivity contribution in [1.82, 2.24) is 24.5 Å². The quantitative estimate of drug-likeness (QED) is 0.257. The van der Waals surface area contributed by atoms with Crippen LogP contribution in [-0.4, -0.2) is 48.3 Å². The number of imidazole rings is 1. The summed E-state index contributed by atoms with van der Waals surface area (Å²) in [6.45, 7) is 0.646. The van der Waals surface area contributed by atoms with Crippen molar-refractivity contribution in [3.8, 4) is 23.2 Å². The second-order valence-electron chi connectivity index (χ2n) is 9.78. The van der Waals surface area contributed by atoms with Crippen LogP contribution < -0.4 is 4.74 Å². The minimum atomic E-state index is -1.19. The van der Waals surface area contributed by atoms with E-state index in [1.54, 1.807) is 10.6 Å². The van der Waals surface area contributed by atoms with Crippen molar-refractivity contribution in [1.29, 1.82) is 5.26 Å². The number of nitrogens with zero attached hydrogens (tertiary/aromatic N) is 6. The number of fused-ring (bicyclic) bond motifs is 1. The number of halogens is 3. The predicted octanol–water partition coefficient (Wildman–Crippen LogP) is 4.83. The summed E-state index contributed by atoms with van der Waals surface area (Å²) in [6.07, 6.45) is 1.80. The third-order valence-corrected chi connectivity index (χ3v) is 6.96. The van der Waals surface area contributed by atoms with Gasteiger partial charge >= 0.3 is 5.97 Å². The third-order valence-electron chi connectivity index (χ3n) is 6.96. The first-order valence-corrected chi connectivity index (χ1v) is 13.1. The lowest BCUT2D eigenvalue weighted by molar-refractivity contribution is -0.0590. The summed E-state index contributed by atoms with van der Waals surface area (Å²) in [7, 11) is 0. The summed E-state index contributed by atoms with van der Waals surface area (Å²) in [5, 5.41) is 18.2. The summed E-state index contributed by atoms with van der Waals surface area (Å²) >= 11 is 0. The van der Waals surface area contributed by atoms with E-state index in [-0.39, 0.29) is 58.8 Å². The molecule has 216 valence electrons. The molecule has 5 aromatic rings. The fraction of sp³-hybridized carbons (Fsp3) is 0.200. The van der Waals surface area contributed by atoms with Gasteiger partial charge in [0.2, 0.25) is 5.88 Å². The summed E-state index contributed by atoms with van der Waals surface area (Å²) in [5.41, 5.74) is 0.614. The molecule has 1 aromatic carbocycles. The van der Waals surface area contributed by atoms with Crippen LogP contribution in [-0.2, 0) is 24.3 Å². The van der Waals surface area contributed by atoms with Gasteiger partial charge in [-0.1, -0.05) is 6.07 Å². The Balaban J connectivity index is 1.26. The Bertz CT molecular complexity index is 1920. The lowest BCUT2D eigenvalue weighted by Gasteiger charge is -2.27. The van der Waals surface area contributed by atoms with Crippen LogP contribution in [0.5, 0.6) is 5.88 Å². The van der Waals surface area contributed by atoms with Crippen molar-refractivity contribution in [2.45, 2.75) is 32.1 Å². The number of aromatic nitrogens is 5. The molecule has 4 aromatic heterocycles. The molecule has 10 nitrogen and oxygen atoms in total. The van der Waals surface area contributed by atoms with Crippen molar-refractivity contribution >= 4 is 17.1 Å². The maximum absolute atomic E-state index is 15.4. The highest BCUT2D eigenvalue weighted by atomic mass is 19.1. The number of pyridine rings is 3. The lowest BCUT2D eigenvalue weighted by Crippen LogP contribution is -2.32. The fourth-order valence-corrected chi connectivity index (χ4v) is 4.64. The Kier molecular flexibility index (Phi) is 7.43. The molecule has 0 bridgehead atoms. The number of rotatable bonds is 9. The van der Waals surface area contributed by atoms with Gasteiger partial charge in [0.25, 0.3) is 0 Å². The van der Waals surface area contributed by atoms with Crippen molar-refractivity contribution in [3.05, 3.63) is 101 Å². The van der Waals surface area contributed by atoms with Crippen LogP contribution in [0, 0.1) is 28.8 Å². The van der Waals surface area contributed by atoms with Gasteiger partial charge in [-0.2, -0.15) is 5.26 Å². The van der Waals surface area contributed by atoms with Gasteiger partial charge in [0.15, 0.2) is 11.3 Å². The summed E-state index contributed by atoms with van der Waals surface area (Å²) in [6, 6.07) is 12.3. The first-order chi connectivity index (χ1) is 20.8. The van der Waals surface area contributed by atoms with Crippen molar-refractivity contribution < 1.29 is 32.5 Å². The number of carboxylic acid groups (broad SMARTS) is 1. The van der Waals surface area contributed by atoms with E-state index < -0.39 is 23.4 Å². The Labute approximate surface area is 242 Å². The molecule has 43 heavy (non-hydrogen) atoms. The second kappa shape index (κ2) is 11.5. The molecule has 5 heterocycles. The smallest absolute Gasteiger partial charge is 0.354 e. The highest BCUT2D eigenvalue weighted by Crippen LogP contribution is 2.28. The summed E-state index contributed by atoms with van der Waals surface area (Å²) < 4.78 is 57.7. The van der Waals surface area contributed by atoms with Crippen LogP contribution in [0.15, 0.2) is 54.7 Å². The van der Waals surface area contributed by atoms with E-state index in [1.807, 2.05) is 0 Å². The monoisotopic (exact) mass is 586 g/mol. The molecule has 0 aliphatic carbocycles. The molecular weight excluding hydrogens is 565 g/mol. The van der Waals surface area contributed by atoms with Crippen LogP contribution in [0.2, 0.25) is 0 Å². The average molecular weight is 587 g/mol. The first kappa shape index (κ1) is 27.8. The number of aromatic carboxylic acids is 1. The van der Waals surface area contributed by atoms with Crippen molar-refractivity contribution in [2.75, 3.05) is 6.61 Å². The van der Waals surface area contributed by atoms with E-state index in [2.05, 4.69) is 19.9 Å². The van der Waals surface area contributed by atoms with E-state index >= 15 is 8.78 Å². The number of hydrogen-bond acceptors (Lipinski definition) is 8. The van der Waals surface area contributed by atoms with Crippen molar-refractivity contribution in [3.63, 3.8) is 0 Å². The molecule has 1 atom stereocenters. The molecule has 0 amide bonds. The molecule has 1 fully saturated rings. The van der Waals surface area contributed by atoms with Crippen LogP contribution in [0.4, 0.5) is 13.2 Å². The van der Waals surface area contributed by atoms with Gasteiger partial charge < -0.3 is 19.1 Å². The number of hydrogen-bond donors (Lipinski definition) is 1. The van der Waals surface area contributed by atoms with Gasteiger partial charge in [0.1, 0.15) is 47.2 Å². The van der Waals surface area contributed by atoms with Gasteiger partial charge in [-0.15, -0.1) is 0 Å². The van der Waals surface area contributed by atoms with E-state index in [9.17, 15) is 14.3 Å². The summed E-state index contributed by atoms with van der Waals surface area (Å²) in [4.78, 5) is 28.3. The standard InChI is InChI=1S/C30H21F3N6O4/c31-20-11-19(23-2-1-3-28(37-23)43-15-26-22(33)8-16(12-34)13-35-26)21(32)9-17(20)10-27-36-24-4-5-25(30(40)41)38-29(24)39(27)14-18-6-7-42-18/h1-5,8-9,11,13,18H,6-7,10,14-15H2,(H,40,41)/t18-/m0/s1. The molecule has 1 aliphatic rings. The number of benzene rings is 1. The molecule has 1 N–H and O–H groups in total. The number of carboxylic acids is 1.